The van der Waals surface area contributed by atoms with Gasteiger partial charge in [-0.05, 0) is 47.2 Å². The van der Waals surface area contributed by atoms with E-state index in [1.165, 1.54) is 5.56 Å². The van der Waals surface area contributed by atoms with Gasteiger partial charge in [0.2, 0.25) is 0 Å². The van der Waals surface area contributed by atoms with Crippen LogP contribution in [0.5, 0.6) is 5.75 Å². The van der Waals surface area contributed by atoms with Crippen molar-refractivity contribution >= 4 is 22.4 Å². The summed E-state index contributed by atoms with van der Waals surface area (Å²) in [5.41, 5.74) is 3.38. The molecule has 2 N–H and O–H groups in total. The van der Waals surface area contributed by atoms with Crippen molar-refractivity contribution in [1.82, 2.24) is 9.80 Å². The fourth-order valence-corrected chi connectivity index (χ4v) is 5.21. The minimum absolute atomic E-state index is 0.0154. The van der Waals surface area contributed by atoms with E-state index in [4.69, 9.17) is 4.74 Å². The van der Waals surface area contributed by atoms with Crippen LogP contribution in [-0.4, -0.2) is 66.8 Å². The molecule has 0 spiro atoms. The first kappa shape index (κ1) is 22.7. The van der Waals surface area contributed by atoms with Gasteiger partial charge >= 0.3 is 0 Å². The van der Waals surface area contributed by atoms with Gasteiger partial charge in [-0.3, -0.25) is 9.69 Å². The number of carbonyl (C=O) groups excluding carboxylic acids is 1. The van der Waals surface area contributed by atoms with Crippen LogP contribution in [-0.2, 0) is 11.2 Å². The smallest absolute Gasteiger partial charge is 0.260 e. The van der Waals surface area contributed by atoms with E-state index in [0.717, 1.165) is 60.1 Å². The fraction of sp³-hybridized carbons (Fsp3) is 0.393. The number of para-hydroxylation sites is 1. The van der Waals surface area contributed by atoms with Crippen LogP contribution >= 0.6 is 0 Å². The molecule has 0 saturated carbocycles. The number of carbonyl (C=O) groups is 1. The van der Waals surface area contributed by atoms with E-state index in [1.54, 1.807) is 0 Å². The number of fused-ring (bicyclic) bond motifs is 2. The van der Waals surface area contributed by atoms with Crippen molar-refractivity contribution in [3.8, 4) is 5.75 Å². The Balaban J connectivity index is 1.38. The third-order valence-electron chi connectivity index (χ3n) is 7.11. The number of hydrogen-bond acceptors (Lipinski definition) is 5. The van der Waals surface area contributed by atoms with Crippen molar-refractivity contribution in [2.24, 2.45) is 0 Å². The number of aryl methyl sites for hydroxylation is 1. The van der Waals surface area contributed by atoms with E-state index in [-0.39, 0.29) is 24.7 Å². The number of hydrogen-bond donors (Lipinski definition) is 2. The average molecular weight is 460 g/mol. The molecular weight excluding hydrogens is 426 g/mol. The highest BCUT2D eigenvalue weighted by molar-refractivity contribution is 5.87. The first-order valence-electron chi connectivity index (χ1n) is 12.2. The fourth-order valence-electron chi connectivity index (χ4n) is 5.21. The molecule has 1 unspecified atom stereocenters. The Morgan fingerprint density at radius 2 is 2.00 bits per heavy atom. The highest BCUT2D eigenvalue weighted by Gasteiger charge is 2.29. The van der Waals surface area contributed by atoms with Crippen molar-refractivity contribution in [2.45, 2.75) is 31.4 Å². The number of nitrogens with zero attached hydrogens (tertiary/aromatic N) is 2. The Hall–Kier alpha value is -3.09. The summed E-state index contributed by atoms with van der Waals surface area (Å²) < 4.78 is 6.04. The summed E-state index contributed by atoms with van der Waals surface area (Å²) >= 11 is 0. The minimum Gasteiger partial charge on any atom is -0.482 e. The molecule has 2 aliphatic heterocycles. The van der Waals surface area contributed by atoms with Crippen LogP contribution in [0.25, 0.3) is 10.8 Å². The molecule has 34 heavy (non-hydrogen) atoms. The van der Waals surface area contributed by atoms with Gasteiger partial charge in [0.05, 0.1) is 17.8 Å². The summed E-state index contributed by atoms with van der Waals surface area (Å²) in [6, 6.07) is 20.5. The molecule has 1 fully saturated rings. The third kappa shape index (κ3) is 4.74. The largest absolute Gasteiger partial charge is 0.482 e. The molecule has 3 aromatic carbocycles. The number of aliphatic hydroxyl groups is 1. The Kier molecular flexibility index (Phi) is 6.70. The number of aliphatic hydroxyl groups excluding tert-OH is 1. The van der Waals surface area contributed by atoms with Crippen LogP contribution in [0.1, 0.15) is 30.0 Å². The molecule has 0 aromatic heterocycles. The van der Waals surface area contributed by atoms with Crippen molar-refractivity contribution in [3.05, 3.63) is 71.8 Å². The molecule has 6 heteroatoms. The number of rotatable bonds is 7. The van der Waals surface area contributed by atoms with Gasteiger partial charge in [-0.15, -0.1) is 0 Å². The van der Waals surface area contributed by atoms with E-state index in [0.29, 0.717) is 13.1 Å². The lowest BCUT2D eigenvalue weighted by Crippen LogP contribution is -2.41. The standard InChI is InChI=1S/C28H33N3O3/c1-30(27(33)19-34-26-13-5-9-21-10-6-15-29-28(21)26)25(18-31-16-14-22(32)17-31)24-12-4-8-20-7-2-3-11-23(20)24/h2-5,7-9,11-13,22,25,29,32H,6,10,14-19H2,1H3/t22?,25-/m1/s1. The van der Waals surface area contributed by atoms with Crippen LogP contribution in [0, 0.1) is 0 Å². The molecule has 1 amide bonds. The zero-order chi connectivity index (χ0) is 23.5. The first-order valence-corrected chi connectivity index (χ1v) is 12.2. The topological polar surface area (TPSA) is 65.0 Å². The number of likely N-dealkylation sites (tertiary alicyclic amines) is 1. The number of nitrogens with one attached hydrogen (secondary N) is 1. The Morgan fingerprint density at radius 1 is 1.18 bits per heavy atom. The molecule has 178 valence electrons. The third-order valence-corrected chi connectivity index (χ3v) is 7.11. The van der Waals surface area contributed by atoms with Crippen LogP contribution in [0.2, 0.25) is 0 Å². The maximum atomic E-state index is 13.4. The molecule has 1 saturated heterocycles. The summed E-state index contributed by atoms with van der Waals surface area (Å²) in [6.07, 6.45) is 2.61. The zero-order valence-corrected chi connectivity index (χ0v) is 19.7. The van der Waals surface area contributed by atoms with Gasteiger partial charge in [0.25, 0.3) is 5.91 Å². The average Bonchev–Trinajstić information content (AvgIpc) is 3.29. The predicted octanol–water partition coefficient (Wildman–Crippen LogP) is 3.84. The van der Waals surface area contributed by atoms with E-state index in [1.807, 2.05) is 36.2 Å². The molecule has 2 heterocycles. The molecule has 0 bridgehead atoms. The lowest BCUT2D eigenvalue weighted by atomic mass is 9.97. The van der Waals surface area contributed by atoms with E-state index < -0.39 is 0 Å². The molecule has 0 aliphatic carbocycles. The van der Waals surface area contributed by atoms with Gasteiger partial charge in [0, 0.05) is 33.2 Å². The van der Waals surface area contributed by atoms with Crippen molar-refractivity contribution in [1.29, 1.82) is 0 Å². The highest BCUT2D eigenvalue weighted by Crippen LogP contribution is 2.33. The number of β-amino-alcohol motifs (C(OH)–C–C–N with tert-alkyl or cyclic N) is 1. The number of likely N-dealkylation sites (N-methyl/N-ethyl adjacent to an activating group) is 1. The Bertz CT molecular complexity index is 1160. The second-order valence-corrected chi connectivity index (χ2v) is 9.40. The maximum Gasteiger partial charge on any atom is 0.260 e. The number of benzene rings is 3. The molecule has 2 aliphatic rings. The summed E-state index contributed by atoms with van der Waals surface area (Å²) in [4.78, 5) is 17.5. The molecule has 6 nitrogen and oxygen atoms in total. The van der Waals surface area contributed by atoms with Crippen LogP contribution in [0.15, 0.2) is 60.7 Å². The lowest BCUT2D eigenvalue weighted by molar-refractivity contribution is -0.134. The van der Waals surface area contributed by atoms with Gasteiger partial charge in [0.15, 0.2) is 6.61 Å². The molecule has 0 radical (unpaired) electrons. The van der Waals surface area contributed by atoms with Gasteiger partial charge in [-0.2, -0.15) is 0 Å². The van der Waals surface area contributed by atoms with Crippen molar-refractivity contribution < 1.29 is 14.6 Å². The summed E-state index contributed by atoms with van der Waals surface area (Å²) in [5.74, 6) is 0.675. The number of ether oxygens (including phenoxy) is 1. The Morgan fingerprint density at radius 3 is 2.85 bits per heavy atom. The van der Waals surface area contributed by atoms with E-state index in [2.05, 4.69) is 46.6 Å². The van der Waals surface area contributed by atoms with Crippen LogP contribution in [0.4, 0.5) is 5.69 Å². The van der Waals surface area contributed by atoms with Crippen LogP contribution in [0.3, 0.4) is 0 Å². The highest BCUT2D eigenvalue weighted by atomic mass is 16.5. The first-order chi connectivity index (χ1) is 16.6. The maximum absolute atomic E-state index is 13.4. The van der Waals surface area contributed by atoms with E-state index >= 15 is 0 Å². The number of anilines is 1. The summed E-state index contributed by atoms with van der Waals surface area (Å²) in [6.45, 7) is 3.06. The molecule has 3 aromatic rings. The molecule has 2 atom stereocenters. The van der Waals surface area contributed by atoms with Crippen molar-refractivity contribution in [3.63, 3.8) is 0 Å². The van der Waals surface area contributed by atoms with Crippen molar-refractivity contribution in [2.75, 3.05) is 45.2 Å². The van der Waals surface area contributed by atoms with E-state index in [9.17, 15) is 9.90 Å². The Labute approximate surface area is 201 Å². The lowest BCUT2D eigenvalue weighted by Gasteiger charge is -2.33. The monoisotopic (exact) mass is 459 g/mol. The zero-order valence-electron chi connectivity index (χ0n) is 19.7. The molecule has 5 rings (SSSR count). The second-order valence-electron chi connectivity index (χ2n) is 9.40. The quantitative estimate of drug-likeness (QED) is 0.562. The predicted molar refractivity (Wildman–Crippen MR) is 135 cm³/mol. The summed E-state index contributed by atoms with van der Waals surface area (Å²) in [5, 5.41) is 15.8. The summed E-state index contributed by atoms with van der Waals surface area (Å²) in [7, 11) is 1.86. The van der Waals surface area contributed by atoms with Gasteiger partial charge in [-0.25, -0.2) is 0 Å². The molecular formula is C28H33N3O3. The van der Waals surface area contributed by atoms with Gasteiger partial charge in [0.1, 0.15) is 5.75 Å². The van der Waals surface area contributed by atoms with Gasteiger partial charge in [-0.1, -0.05) is 54.6 Å². The normalized spacial score (nSPS) is 18.8. The van der Waals surface area contributed by atoms with Gasteiger partial charge < -0.3 is 20.1 Å². The minimum atomic E-state index is -0.297. The van der Waals surface area contributed by atoms with Crippen LogP contribution < -0.4 is 10.1 Å². The SMILES string of the molecule is CN(C(=O)COc1cccc2c1NCCC2)[C@H](CN1CCC(O)C1)c1cccc2ccccc12. The second kappa shape index (κ2) is 10.0. The number of amides is 1.